The smallest absolute Gasteiger partial charge is 0.229 e. The zero-order chi connectivity index (χ0) is 16.9. The van der Waals surface area contributed by atoms with Crippen molar-refractivity contribution >= 4 is 5.91 Å². The van der Waals surface area contributed by atoms with Crippen molar-refractivity contribution in [3.8, 4) is 5.75 Å². The molecule has 0 radical (unpaired) electrons. The fourth-order valence-corrected chi connectivity index (χ4v) is 3.16. The second-order valence-corrected chi connectivity index (χ2v) is 6.01. The fourth-order valence-electron chi connectivity index (χ4n) is 3.16. The summed E-state index contributed by atoms with van der Waals surface area (Å²) in [6.45, 7) is 3.67. The van der Waals surface area contributed by atoms with E-state index >= 15 is 0 Å². The quantitative estimate of drug-likeness (QED) is 0.840. The number of methoxy groups -OCH3 is 2. The number of halogens is 1. The van der Waals surface area contributed by atoms with Gasteiger partial charge in [0.1, 0.15) is 11.6 Å². The molecule has 1 aliphatic heterocycles. The standard InChI is InChI=1S/C17H25FN2O3/c1-12(15-13(18)5-4-6-14(15)23-3)20-16(21)17(11-22-2)7-9-19-10-8-17/h4-6,12,19H,7-11H2,1-3H3,(H,20,21). The number of piperidine rings is 1. The highest BCUT2D eigenvalue weighted by atomic mass is 19.1. The van der Waals surface area contributed by atoms with Crippen LogP contribution in [0.1, 0.15) is 31.4 Å². The summed E-state index contributed by atoms with van der Waals surface area (Å²) in [4.78, 5) is 12.8. The predicted molar refractivity (Wildman–Crippen MR) is 85.9 cm³/mol. The summed E-state index contributed by atoms with van der Waals surface area (Å²) in [5.74, 6) is -0.0502. The van der Waals surface area contributed by atoms with Crippen LogP contribution < -0.4 is 15.4 Å². The van der Waals surface area contributed by atoms with Crippen molar-refractivity contribution in [1.82, 2.24) is 10.6 Å². The molecule has 1 atom stereocenters. The van der Waals surface area contributed by atoms with E-state index in [0.29, 0.717) is 30.8 Å². The number of benzene rings is 1. The van der Waals surface area contributed by atoms with Crippen LogP contribution in [0, 0.1) is 11.2 Å². The summed E-state index contributed by atoms with van der Waals surface area (Å²) >= 11 is 0. The molecule has 128 valence electrons. The van der Waals surface area contributed by atoms with E-state index < -0.39 is 11.5 Å². The lowest BCUT2D eigenvalue weighted by Gasteiger charge is -2.36. The molecule has 2 rings (SSSR count). The maximum Gasteiger partial charge on any atom is 0.229 e. The third kappa shape index (κ3) is 3.82. The molecule has 0 aliphatic carbocycles. The van der Waals surface area contributed by atoms with Gasteiger partial charge in [0.05, 0.1) is 30.7 Å². The summed E-state index contributed by atoms with van der Waals surface area (Å²) in [5, 5.41) is 6.19. The normalized spacial score (nSPS) is 18.3. The van der Waals surface area contributed by atoms with E-state index in [-0.39, 0.29) is 11.7 Å². The molecule has 0 saturated carbocycles. The van der Waals surface area contributed by atoms with Gasteiger partial charge >= 0.3 is 0 Å². The molecule has 0 spiro atoms. The molecular formula is C17H25FN2O3. The highest BCUT2D eigenvalue weighted by Gasteiger charge is 2.40. The van der Waals surface area contributed by atoms with Crippen LogP contribution in [0.25, 0.3) is 0 Å². The Kier molecular flexibility index (Phi) is 5.96. The molecule has 1 aliphatic rings. The first-order valence-corrected chi connectivity index (χ1v) is 7.87. The second kappa shape index (κ2) is 7.75. The van der Waals surface area contributed by atoms with Crippen LogP contribution >= 0.6 is 0 Å². The van der Waals surface area contributed by atoms with Gasteiger partial charge in [0.25, 0.3) is 0 Å². The largest absolute Gasteiger partial charge is 0.496 e. The Bertz CT molecular complexity index is 539. The van der Waals surface area contributed by atoms with E-state index in [2.05, 4.69) is 10.6 Å². The number of carbonyl (C=O) groups excluding carboxylic acids is 1. The zero-order valence-electron chi connectivity index (χ0n) is 13.9. The van der Waals surface area contributed by atoms with Crippen LogP contribution in [0.4, 0.5) is 4.39 Å². The van der Waals surface area contributed by atoms with Crippen LogP contribution in [-0.4, -0.2) is 39.8 Å². The highest BCUT2D eigenvalue weighted by Crippen LogP contribution is 2.32. The molecule has 1 saturated heterocycles. The van der Waals surface area contributed by atoms with Crippen molar-refractivity contribution in [2.75, 3.05) is 33.9 Å². The van der Waals surface area contributed by atoms with Crippen molar-refractivity contribution in [1.29, 1.82) is 0 Å². The molecule has 1 amide bonds. The maximum atomic E-state index is 14.2. The Morgan fingerprint density at radius 3 is 2.70 bits per heavy atom. The number of carbonyl (C=O) groups is 1. The molecule has 0 aromatic heterocycles. The van der Waals surface area contributed by atoms with Crippen LogP contribution in [0.3, 0.4) is 0 Å². The van der Waals surface area contributed by atoms with E-state index in [1.54, 1.807) is 26.2 Å². The summed E-state index contributed by atoms with van der Waals surface area (Å²) in [7, 11) is 3.09. The zero-order valence-corrected chi connectivity index (χ0v) is 13.9. The van der Waals surface area contributed by atoms with Crippen LogP contribution in [0.2, 0.25) is 0 Å². The minimum absolute atomic E-state index is 0.0985. The third-order valence-electron chi connectivity index (χ3n) is 4.48. The Balaban J connectivity index is 2.18. The Hall–Kier alpha value is -1.66. The van der Waals surface area contributed by atoms with Crippen LogP contribution in [0.5, 0.6) is 5.75 Å². The van der Waals surface area contributed by atoms with Gasteiger partial charge in [-0.3, -0.25) is 4.79 Å². The molecule has 1 aromatic rings. The predicted octanol–water partition coefficient (Wildman–Crippen LogP) is 2.03. The molecule has 2 N–H and O–H groups in total. The van der Waals surface area contributed by atoms with E-state index in [1.807, 2.05) is 0 Å². The molecule has 23 heavy (non-hydrogen) atoms. The monoisotopic (exact) mass is 324 g/mol. The van der Waals surface area contributed by atoms with E-state index in [0.717, 1.165) is 13.1 Å². The molecule has 5 nitrogen and oxygen atoms in total. The van der Waals surface area contributed by atoms with Gasteiger partial charge in [-0.1, -0.05) is 6.07 Å². The molecule has 1 fully saturated rings. The highest BCUT2D eigenvalue weighted by molar-refractivity contribution is 5.83. The number of hydrogen-bond acceptors (Lipinski definition) is 4. The van der Waals surface area contributed by atoms with Crippen LogP contribution in [-0.2, 0) is 9.53 Å². The van der Waals surface area contributed by atoms with Gasteiger partial charge in [0, 0.05) is 7.11 Å². The number of hydrogen-bond donors (Lipinski definition) is 2. The van der Waals surface area contributed by atoms with Gasteiger partial charge in [-0.2, -0.15) is 0 Å². The van der Waals surface area contributed by atoms with Gasteiger partial charge in [0.2, 0.25) is 5.91 Å². The van der Waals surface area contributed by atoms with Gasteiger partial charge in [-0.05, 0) is 45.0 Å². The number of ether oxygens (including phenoxy) is 2. The SMILES string of the molecule is COCC1(C(=O)NC(C)c2c(F)cccc2OC)CCNCC1. The summed E-state index contributed by atoms with van der Waals surface area (Å²) in [6.07, 6.45) is 1.40. The molecular weight excluding hydrogens is 299 g/mol. The van der Waals surface area contributed by atoms with Crippen molar-refractivity contribution in [2.45, 2.75) is 25.8 Å². The first-order chi connectivity index (χ1) is 11.0. The minimum Gasteiger partial charge on any atom is -0.496 e. The average Bonchev–Trinajstić information content (AvgIpc) is 2.55. The first-order valence-electron chi connectivity index (χ1n) is 7.87. The topological polar surface area (TPSA) is 59.6 Å². The van der Waals surface area contributed by atoms with E-state index in [4.69, 9.17) is 9.47 Å². The van der Waals surface area contributed by atoms with Gasteiger partial charge in [-0.25, -0.2) is 4.39 Å². The van der Waals surface area contributed by atoms with E-state index in [1.165, 1.54) is 13.2 Å². The molecule has 1 heterocycles. The maximum absolute atomic E-state index is 14.2. The lowest BCUT2D eigenvalue weighted by molar-refractivity contribution is -0.136. The average molecular weight is 324 g/mol. The summed E-state index contributed by atoms with van der Waals surface area (Å²) in [6, 6.07) is 4.17. The fraction of sp³-hybridized carbons (Fsp3) is 0.588. The van der Waals surface area contributed by atoms with Gasteiger partial charge in [0.15, 0.2) is 0 Å². The molecule has 0 bridgehead atoms. The van der Waals surface area contributed by atoms with Crippen molar-refractivity contribution in [3.63, 3.8) is 0 Å². The Morgan fingerprint density at radius 2 is 2.09 bits per heavy atom. The Morgan fingerprint density at radius 1 is 1.39 bits per heavy atom. The van der Waals surface area contributed by atoms with Crippen molar-refractivity contribution < 1.29 is 18.7 Å². The Labute approximate surface area is 136 Å². The number of amides is 1. The lowest BCUT2D eigenvalue weighted by atomic mass is 9.78. The van der Waals surface area contributed by atoms with Gasteiger partial charge < -0.3 is 20.1 Å². The van der Waals surface area contributed by atoms with E-state index in [9.17, 15) is 9.18 Å². The molecule has 1 unspecified atom stereocenters. The molecule has 6 heteroatoms. The van der Waals surface area contributed by atoms with Gasteiger partial charge in [-0.15, -0.1) is 0 Å². The summed E-state index contributed by atoms with van der Waals surface area (Å²) in [5.41, 5.74) is -0.197. The second-order valence-electron chi connectivity index (χ2n) is 6.01. The number of rotatable bonds is 6. The lowest BCUT2D eigenvalue weighted by Crippen LogP contribution is -2.50. The van der Waals surface area contributed by atoms with Crippen molar-refractivity contribution in [3.05, 3.63) is 29.6 Å². The summed E-state index contributed by atoms with van der Waals surface area (Å²) < 4.78 is 24.7. The molecule has 1 aromatic carbocycles. The van der Waals surface area contributed by atoms with Crippen molar-refractivity contribution in [2.24, 2.45) is 5.41 Å². The number of nitrogens with one attached hydrogen (secondary N) is 2. The van der Waals surface area contributed by atoms with Crippen LogP contribution in [0.15, 0.2) is 18.2 Å². The first kappa shape index (κ1) is 17.7. The minimum atomic E-state index is -0.563. The third-order valence-corrected chi connectivity index (χ3v) is 4.48.